The number of hydrogen-bond donors (Lipinski definition) is 1. The molecule has 2 heteroatoms. The highest BCUT2D eigenvalue weighted by atomic mass is 16.5. The van der Waals surface area contributed by atoms with Gasteiger partial charge in [-0.2, -0.15) is 0 Å². The fourth-order valence-corrected chi connectivity index (χ4v) is 2.13. The van der Waals surface area contributed by atoms with E-state index in [-0.39, 0.29) is 0 Å². The number of benzene rings is 1. The third-order valence-electron chi connectivity index (χ3n) is 2.87. The Labute approximate surface area is 105 Å². The predicted octanol–water partition coefficient (Wildman–Crippen LogP) is 4.10. The monoisotopic (exact) mass is 235 g/mol. The zero-order valence-corrected chi connectivity index (χ0v) is 11.7. The molecule has 2 nitrogen and oxygen atoms in total. The van der Waals surface area contributed by atoms with Crippen molar-refractivity contribution in [3.63, 3.8) is 0 Å². The van der Waals surface area contributed by atoms with Gasteiger partial charge in [0, 0.05) is 6.54 Å². The minimum absolute atomic E-state index is 0.681. The Hall–Kier alpha value is -1.18. The van der Waals surface area contributed by atoms with Crippen LogP contribution in [-0.2, 0) is 0 Å². The Bertz CT molecular complexity index is 347. The molecule has 1 aromatic carbocycles. The Balaban J connectivity index is 2.58. The van der Waals surface area contributed by atoms with Crippen LogP contribution in [0.1, 0.15) is 32.8 Å². The highest BCUT2D eigenvalue weighted by Gasteiger charge is 2.07. The molecule has 1 unspecified atom stereocenters. The molecule has 0 aliphatic heterocycles. The van der Waals surface area contributed by atoms with Gasteiger partial charge in [0.25, 0.3) is 0 Å². The van der Waals surface area contributed by atoms with Crippen molar-refractivity contribution in [1.82, 2.24) is 0 Å². The lowest BCUT2D eigenvalue weighted by atomic mass is 9.99. The normalized spacial score (nSPS) is 12.6. The molecule has 0 aromatic heterocycles. The van der Waals surface area contributed by atoms with Crippen LogP contribution in [0.3, 0.4) is 0 Å². The third-order valence-corrected chi connectivity index (χ3v) is 2.87. The van der Waals surface area contributed by atoms with Crippen molar-refractivity contribution >= 4 is 5.69 Å². The zero-order chi connectivity index (χ0) is 12.8. The highest BCUT2D eigenvalue weighted by Crippen LogP contribution is 2.25. The first-order valence-electron chi connectivity index (χ1n) is 6.41. The second-order valence-corrected chi connectivity index (χ2v) is 5.32. The van der Waals surface area contributed by atoms with Crippen molar-refractivity contribution in [3.05, 3.63) is 23.8 Å². The molecule has 1 rings (SSSR count). The maximum Gasteiger partial charge on any atom is 0.141 e. The third kappa shape index (κ3) is 4.68. The first-order valence-corrected chi connectivity index (χ1v) is 6.41. The van der Waals surface area contributed by atoms with Crippen LogP contribution in [0.2, 0.25) is 0 Å². The number of aryl methyl sites for hydroxylation is 1. The fourth-order valence-electron chi connectivity index (χ4n) is 2.13. The van der Waals surface area contributed by atoms with Crippen molar-refractivity contribution in [1.29, 1.82) is 0 Å². The average Bonchev–Trinajstić information content (AvgIpc) is 2.25. The van der Waals surface area contributed by atoms with Gasteiger partial charge < -0.3 is 10.1 Å². The van der Waals surface area contributed by atoms with Crippen LogP contribution < -0.4 is 10.1 Å². The van der Waals surface area contributed by atoms with Crippen LogP contribution in [0.15, 0.2) is 18.2 Å². The molecular formula is C15H25NO. The van der Waals surface area contributed by atoms with E-state index in [0.29, 0.717) is 5.92 Å². The molecule has 96 valence electrons. The molecule has 0 saturated carbocycles. The number of hydrogen-bond acceptors (Lipinski definition) is 2. The molecule has 0 radical (unpaired) electrons. The van der Waals surface area contributed by atoms with E-state index in [2.05, 4.69) is 45.1 Å². The molecule has 0 aliphatic rings. The minimum atomic E-state index is 0.681. The van der Waals surface area contributed by atoms with Gasteiger partial charge in [0.2, 0.25) is 0 Å². The summed E-state index contributed by atoms with van der Waals surface area (Å²) in [5.74, 6) is 2.36. The molecule has 0 amide bonds. The molecule has 0 bridgehead atoms. The number of methoxy groups -OCH3 is 1. The van der Waals surface area contributed by atoms with Gasteiger partial charge in [0.05, 0.1) is 12.8 Å². The smallest absolute Gasteiger partial charge is 0.141 e. The summed E-state index contributed by atoms with van der Waals surface area (Å²) in [4.78, 5) is 0. The molecular weight excluding hydrogens is 210 g/mol. The van der Waals surface area contributed by atoms with Gasteiger partial charge >= 0.3 is 0 Å². The summed E-state index contributed by atoms with van der Waals surface area (Å²) in [6.07, 6.45) is 1.25. The molecule has 0 spiro atoms. The van der Waals surface area contributed by atoms with Crippen molar-refractivity contribution in [2.45, 2.75) is 34.1 Å². The lowest BCUT2D eigenvalue weighted by molar-refractivity contribution is 0.415. The van der Waals surface area contributed by atoms with Crippen LogP contribution in [0.5, 0.6) is 5.75 Å². The highest BCUT2D eigenvalue weighted by molar-refractivity contribution is 5.57. The van der Waals surface area contributed by atoms with Crippen LogP contribution in [-0.4, -0.2) is 13.7 Å². The number of rotatable bonds is 6. The molecule has 0 fully saturated rings. The van der Waals surface area contributed by atoms with E-state index >= 15 is 0 Å². The Morgan fingerprint density at radius 1 is 1.24 bits per heavy atom. The lowest BCUT2D eigenvalue weighted by Crippen LogP contribution is -2.13. The summed E-state index contributed by atoms with van der Waals surface area (Å²) >= 11 is 0. The number of nitrogens with one attached hydrogen (secondary N) is 1. The molecule has 1 N–H and O–H groups in total. The summed E-state index contributed by atoms with van der Waals surface area (Å²) in [7, 11) is 1.72. The maximum absolute atomic E-state index is 5.35. The van der Waals surface area contributed by atoms with Crippen molar-refractivity contribution in [3.8, 4) is 5.75 Å². The summed E-state index contributed by atoms with van der Waals surface area (Å²) in [6.45, 7) is 9.92. The number of anilines is 1. The molecule has 17 heavy (non-hydrogen) atoms. The molecule has 1 aromatic rings. The van der Waals surface area contributed by atoms with Gasteiger partial charge in [-0.1, -0.05) is 26.8 Å². The summed E-state index contributed by atoms with van der Waals surface area (Å²) in [6, 6.07) is 6.23. The first-order chi connectivity index (χ1) is 8.02. The van der Waals surface area contributed by atoms with Gasteiger partial charge in [-0.15, -0.1) is 0 Å². The van der Waals surface area contributed by atoms with Gasteiger partial charge in [-0.05, 0) is 42.9 Å². The number of ether oxygens (including phenoxy) is 1. The van der Waals surface area contributed by atoms with E-state index in [0.717, 1.165) is 23.9 Å². The quantitative estimate of drug-likeness (QED) is 0.801. The molecule has 0 heterocycles. The Morgan fingerprint density at radius 2 is 1.94 bits per heavy atom. The van der Waals surface area contributed by atoms with Crippen molar-refractivity contribution in [2.24, 2.45) is 11.8 Å². The van der Waals surface area contributed by atoms with Crippen LogP contribution in [0, 0.1) is 18.8 Å². The SMILES string of the molecule is COc1ccc(C)cc1NCC(C)CC(C)C. The van der Waals surface area contributed by atoms with Gasteiger partial charge in [-0.25, -0.2) is 0 Å². The Morgan fingerprint density at radius 3 is 2.53 bits per heavy atom. The van der Waals surface area contributed by atoms with E-state index in [1.807, 2.05) is 6.07 Å². The van der Waals surface area contributed by atoms with Gasteiger partial charge in [-0.3, -0.25) is 0 Å². The van der Waals surface area contributed by atoms with Crippen LogP contribution >= 0.6 is 0 Å². The standard InChI is InChI=1S/C15H25NO/c1-11(2)8-13(4)10-16-14-9-12(3)6-7-15(14)17-5/h6-7,9,11,13,16H,8,10H2,1-5H3. The minimum Gasteiger partial charge on any atom is -0.495 e. The summed E-state index contributed by atoms with van der Waals surface area (Å²) in [5, 5.41) is 3.49. The van der Waals surface area contributed by atoms with E-state index in [1.165, 1.54) is 12.0 Å². The maximum atomic E-state index is 5.35. The largest absolute Gasteiger partial charge is 0.495 e. The van der Waals surface area contributed by atoms with Crippen LogP contribution in [0.25, 0.3) is 0 Å². The Kier molecular flexibility index (Phi) is 5.33. The second kappa shape index (κ2) is 6.53. The van der Waals surface area contributed by atoms with E-state index < -0.39 is 0 Å². The lowest BCUT2D eigenvalue weighted by Gasteiger charge is -2.17. The summed E-state index contributed by atoms with van der Waals surface area (Å²) in [5.41, 5.74) is 2.35. The molecule has 1 atom stereocenters. The molecule has 0 saturated heterocycles. The van der Waals surface area contributed by atoms with E-state index in [9.17, 15) is 0 Å². The second-order valence-electron chi connectivity index (χ2n) is 5.32. The van der Waals surface area contributed by atoms with E-state index in [4.69, 9.17) is 4.74 Å². The van der Waals surface area contributed by atoms with Gasteiger partial charge in [0.15, 0.2) is 0 Å². The predicted molar refractivity (Wildman–Crippen MR) is 74.8 cm³/mol. The van der Waals surface area contributed by atoms with Crippen LogP contribution in [0.4, 0.5) is 5.69 Å². The first kappa shape index (κ1) is 13.9. The zero-order valence-electron chi connectivity index (χ0n) is 11.7. The molecule has 0 aliphatic carbocycles. The fraction of sp³-hybridized carbons (Fsp3) is 0.600. The topological polar surface area (TPSA) is 21.3 Å². The van der Waals surface area contributed by atoms with E-state index in [1.54, 1.807) is 7.11 Å². The van der Waals surface area contributed by atoms with Crippen molar-refractivity contribution in [2.75, 3.05) is 19.0 Å². The van der Waals surface area contributed by atoms with Crippen molar-refractivity contribution < 1.29 is 4.74 Å². The summed E-state index contributed by atoms with van der Waals surface area (Å²) < 4.78 is 5.35. The average molecular weight is 235 g/mol. The van der Waals surface area contributed by atoms with Gasteiger partial charge in [0.1, 0.15) is 5.75 Å².